The molecule has 0 radical (unpaired) electrons. The van der Waals surface area contributed by atoms with Gasteiger partial charge in [-0.1, -0.05) is 13.8 Å². The standard InChI is InChI=1S/C15H30N2O2/c1-5-19-14(11(2)3)7-9-17-15(18)13-6-8-16-12(4)10-13/h11-14,16H,5-10H2,1-4H3,(H,17,18)/t12-,13-,14?/m0/s1. The van der Waals surface area contributed by atoms with Crippen LogP contribution in [0.1, 0.15) is 47.0 Å². The summed E-state index contributed by atoms with van der Waals surface area (Å²) in [6, 6.07) is 0.455. The van der Waals surface area contributed by atoms with Crippen LogP contribution in [0.15, 0.2) is 0 Å². The van der Waals surface area contributed by atoms with E-state index in [0.29, 0.717) is 12.0 Å². The molecule has 0 aromatic rings. The molecular weight excluding hydrogens is 240 g/mol. The Morgan fingerprint density at radius 3 is 2.79 bits per heavy atom. The van der Waals surface area contributed by atoms with E-state index in [1.165, 1.54) is 0 Å². The van der Waals surface area contributed by atoms with Gasteiger partial charge in [0.15, 0.2) is 0 Å². The maximum atomic E-state index is 12.1. The lowest BCUT2D eigenvalue weighted by Crippen LogP contribution is -2.43. The second-order valence-electron chi connectivity index (χ2n) is 5.89. The average molecular weight is 270 g/mol. The minimum Gasteiger partial charge on any atom is -0.378 e. The number of hydrogen-bond acceptors (Lipinski definition) is 3. The summed E-state index contributed by atoms with van der Waals surface area (Å²) in [4.78, 5) is 12.1. The number of piperidine rings is 1. The van der Waals surface area contributed by atoms with Crippen molar-refractivity contribution in [3.05, 3.63) is 0 Å². The number of hydrogen-bond donors (Lipinski definition) is 2. The zero-order valence-electron chi connectivity index (χ0n) is 12.9. The molecule has 0 spiro atoms. The van der Waals surface area contributed by atoms with Crippen molar-refractivity contribution >= 4 is 5.91 Å². The maximum absolute atomic E-state index is 12.1. The molecule has 0 saturated carbocycles. The lowest BCUT2D eigenvalue weighted by molar-refractivity contribution is -0.126. The van der Waals surface area contributed by atoms with Crippen LogP contribution in [0.4, 0.5) is 0 Å². The second-order valence-corrected chi connectivity index (χ2v) is 5.89. The van der Waals surface area contributed by atoms with Crippen molar-refractivity contribution in [2.24, 2.45) is 11.8 Å². The number of rotatable bonds is 7. The molecule has 3 atom stereocenters. The molecule has 1 rings (SSSR count). The van der Waals surface area contributed by atoms with Crippen molar-refractivity contribution in [3.63, 3.8) is 0 Å². The highest BCUT2D eigenvalue weighted by Gasteiger charge is 2.24. The molecule has 1 unspecified atom stereocenters. The van der Waals surface area contributed by atoms with E-state index in [-0.39, 0.29) is 17.9 Å². The minimum absolute atomic E-state index is 0.181. The topological polar surface area (TPSA) is 50.4 Å². The Hall–Kier alpha value is -0.610. The van der Waals surface area contributed by atoms with Gasteiger partial charge in [0.25, 0.3) is 0 Å². The van der Waals surface area contributed by atoms with E-state index in [4.69, 9.17) is 4.74 Å². The highest BCUT2D eigenvalue weighted by Crippen LogP contribution is 2.16. The molecular formula is C15H30N2O2. The zero-order chi connectivity index (χ0) is 14.3. The summed E-state index contributed by atoms with van der Waals surface area (Å²) in [7, 11) is 0. The van der Waals surface area contributed by atoms with E-state index < -0.39 is 0 Å². The predicted octanol–water partition coefficient (Wildman–Crippen LogP) is 1.94. The molecule has 4 nitrogen and oxygen atoms in total. The molecule has 0 bridgehead atoms. The molecule has 1 heterocycles. The second kappa shape index (κ2) is 8.54. The predicted molar refractivity (Wildman–Crippen MR) is 78.1 cm³/mol. The van der Waals surface area contributed by atoms with Crippen molar-refractivity contribution in [3.8, 4) is 0 Å². The van der Waals surface area contributed by atoms with E-state index >= 15 is 0 Å². The van der Waals surface area contributed by atoms with Gasteiger partial charge in [0.1, 0.15) is 0 Å². The quantitative estimate of drug-likeness (QED) is 0.743. The molecule has 1 aliphatic rings. The van der Waals surface area contributed by atoms with E-state index in [1.54, 1.807) is 0 Å². The van der Waals surface area contributed by atoms with Gasteiger partial charge >= 0.3 is 0 Å². The van der Waals surface area contributed by atoms with Crippen LogP contribution in [0, 0.1) is 11.8 Å². The van der Waals surface area contributed by atoms with Crippen LogP contribution in [0.2, 0.25) is 0 Å². The van der Waals surface area contributed by atoms with Gasteiger partial charge in [-0.2, -0.15) is 0 Å². The zero-order valence-corrected chi connectivity index (χ0v) is 12.9. The summed E-state index contributed by atoms with van der Waals surface area (Å²) < 4.78 is 5.69. The SMILES string of the molecule is CCOC(CCNC(=O)[C@H]1CCN[C@@H](C)C1)C(C)C. The summed E-state index contributed by atoms with van der Waals surface area (Å²) in [6.07, 6.45) is 3.05. The van der Waals surface area contributed by atoms with Gasteiger partial charge < -0.3 is 15.4 Å². The number of nitrogens with one attached hydrogen (secondary N) is 2. The van der Waals surface area contributed by atoms with Crippen molar-refractivity contribution in [2.45, 2.75) is 59.1 Å². The normalized spacial score (nSPS) is 25.3. The Morgan fingerprint density at radius 2 is 2.21 bits per heavy atom. The van der Waals surface area contributed by atoms with E-state index in [1.807, 2.05) is 6.92 Å². The van der Waals surface area contributed by atoms with Crippen molar-refractivity contribution in [1.29, 1.82) is 0 Å². The fraction of sp³-hybridized carbons (Fsp3) is 0.933. The van der Waals surface area contributed by atoms with E-state index in [0.717, 1.165) is 39.0 Å². The van der Waals surface area contributed by atoms with Gasteiger partial charge in [-0.15, -0.1) is 0 Å². The minimum atomic E-state index is 0.181. The van der Waals surface area contributed by atoms with Crippen LogP contribution in [0.5, 0.6) is 0 Å². The van der Waals surface area contributed by atoms with Gasteiger partial charge in [-0.3, -0.25) is 4.79 Å². The van der Waals surface area contributed by atoms with E-state index in [9.17, 15) is 4.79 Å². The van der Waals surface area contributed by atoms with Crippen molar-refractivity contribution in [1.82, 2.24) is 10.6 Å². The van der Waals surface area contributed by atoms with Crippen LogP contribution >= 0.6 is 0 Å². The first kappa shape index (κ1) is 16.4. The van der Waals surface area contributed by atoms with Crippen LogP contribution < -0.4 is 10.6 Å². The number of carbonyl (C=O) groups excluding carboxylic acids is 1. The van der Waals surface area contributed by atoms with Crippen molar-refractivity contribution in [2.75, 3.05) is 19.7 Å². The molecule has 1 saturated heterocycles. The molecule has 1 aliphatic heterocycles. The molecule has 112 valence electrons. The Balaban J connectivity index is 2.25. The fourth-order valence-electron chi connectivity index (χ4n) is 2.68. The van der Waals surface area contributed by atoms with Gasteiger partial charge in [-0.05, 0) is 45.6 Å². The average Bonchev–Trinajstić information content (AvgIpc) is 2.37. The molecule has 1 fully saturated rings. The summed E-state index contributed by atoms with van der Waals surface area (Å²) in [5.41, 5.74) is 0. The Kier molecular flexibility index (Phi) is 7.39. The smallest absolute Gasteiger partial charge is 0.223 e. The molecule has 19 heavy (non-hydrogen) atoms. The fourth-order valence-corrected chi connectivity index (χ4v) is 2.68. The first-order valence-corrected chi connectivity index (χ1v) is 7.67. The number of carbonyl (C=O) groups is 1. The van der Waals surface area contributed by atoms with Gasteiger partial charge in [-0.25, -0.2) is 0 Å². The monoisotopic (exact) mass is 270 g/mol. The molecule has 0 aromatic carbocycles. The van der Waals surface area contributed by atoms with Gasteiger partial charge in [0, 0.05) is 25.1 Å². The summed E-state index contributed by atoms with van der Waals surface area (Å²) in [6.45, 7) is 10.9. The summed E-state index contributed by atoms with van der Waals surface area (Å²) in [5, 5.41) is 6.44. The molecule has 0 aliphatic carbocycles. The lowest BCUT2D eigenvalue weighted by atomic mass is 9.92. The largest absolute Gasteiger partial charge is 0.378 e. The third kappa shape index (κ3) is 5.91. The van der Waals surface area contributed by atoms with Crippen LogP contribution in [-0.4, -0.2) is 37.7 Å². The molecule has 4 heteroatoms. The van der Waals surface area contributed by atoms with Crippen molar-refractivity contribution < 1.29 is 9.53 Å². The van der Waals surface area contributed by atoms with Crippen LogP contribution in [0.25, 0.3) is 0 Å². The third-order valence-corrected chi connectivity index (χ3v) is 3.85. The number of ether oxygens (including phenoxy) is 1. The van der Waals surface area contributed by atoms with Crippen LogP contribution in [-0.2, 0) is 9.53 Å². The van der Waals surface area contributed by atoms with E-state index in [2.05, 4.69) is 31.4 Å². The highest BCUT2D eigenvalue weighted by atomic mass is 16.5. The molecule has 2 N–H and O–H groups in total. The van der Waals surface area contributed by atoms with Crippen LogP contribution in [0.3, 0.4) is 0 Å². The summed E-state index contributed by atoms with van der Waals surface area (Å²) in [5.74, 6) is 0.893. The Morgan fingerprint density at radius 1 is 1.47 bits per heavy atom. The maximum Gasteiger partial charge on any atom is 0.223 e. The first-order chi connectivity index (χ1) is 9.04. The highest BCUT2D eigenvalue weighted by molar-refractivity contribution is 5.78. The number of amides is 1. The molecule has 1 amide bonds. The molecule has 0 aromatic heterocycles. The Bertz CT molecular complexity index is 269. The van der Waals surface area contributed by atoms with Gasteiger partial charge in [0.2, 0.25) is 5.91 Å². The Labute approximate surface area is 117 Å². The lowest BCUT2D eigenvalue weighted by Gasteiger charge is -2.27. The first-order valence-electron chi connectivity index (χ1n) is 7.67. The summed E-state index contributed by atoms with van der Waals surface area (Å²) >= 11 is 0. The third-order valence-electron chi connectivity index (χ3n) is 3.85. The van der Waals surface area contributed by atoms with Gasteiger partial charge in [0.05, 0.1) is 6.10 Å².